The first-order chi connectivity index (χ1) is 12.8. The van der Waals surface area contributed by atoms with E-state index in [1.165, 1.54) is 12.2 Å². The van der Waals surface area contributed by atoms with Gasteiger partial charge in [-0.15, -0.1) is 11.6 Å². The zero-order valence-electron chi connectivity index (χ0n) is 16.2. The van der Waals surface area contributed by atoms with Gasteiger partial charge >= 0.3 is 5.97 Å². The molecule has 28 heavy (non-hydrogen) atoms. The summed E-state index contributed by atoms with van der Waals surface area (Å²) in [4.78, 5) is 22.6. The minimum Gasteiger partial charge on any atom is -0.479 e. The molecule has 3 fully saturated rings. The fourth-order valence-corrected chi connectivity index (χ4v) is 7.49. The van der Waals surface area contributed by atoms with E-state index in [1.54, 1.807) is 26.8 Å². The van der Waals surface area contributed by atoms with Crippen molar-refractivity contribution in [3.63, 3.8) is 0 Å². The highest BCUT2D eigenvalue weighted by Crippen LogP contribution is 2.71. The molecule has 0 aliphatic heterocycles. The number of carbonyl (C=O) groups excluding carboxylic acids is 1. The van der Waals surface area contributed by atoms with Crippen LogP contribution >= 0.6 is 11.6 Å². The maximum absolute atomic E-state index is 15.3. The molecule has 0 aromatic rings. The Labute approximate surface area is 168 Å². The predicted octanol–water partition coefficient (Wildman–Crippen LogP) is 2.64. The molecule has 0 aromatic heterocycles. The Kier molecular flexibility index (Phi) is 4.06. The number of carbonyl (C=O) groups is 2. The molecule has 0 radical (unpaired) electrons. The zero-order chi connectivity index (χ0) is 20.9. The van der Waals surface area contributed by atoms with E-state index >= 15 is 4.39 Å². The summed E-state index contributed by atoms with van der Waals surface area (Å²) in [6.45, 7) is 5.10. The number of alkyl halides is 2. The molecule has 4 rings (SSSR count). The number of fused-ring (bicyclic) bond motifs is 5. The van der Waals surface area contributed by atoms with Crippen molar-refractivity contribution in [2.45, 2.75) is 62.8 Å². The van der Waals surface area contributed by atoms with Crippen molar-refractivity contribution in [1.82, 2.24) is 0 Å². The first-order valence-corrected chi connectivity index (χ1v) is 10.1. The number of allylic oxidation sites excluding steroid dienone is 4. The molecule has 4 aliphatic rings. The van der Waals surface area contributed by atoms with E-state index in [0.717, 1.165) is 0 Å². The topological polar surface area (TPSA) is 94.8 Å². The smallest absolute Gasteiger partial charge is 0.336 e. The number of aliphatic hydroxyl groups excluding tert-OH is 1. The molecular weight excluding hydrogens is 387 g/mol. The Morgan fingerprint density at radius 2 is 1.93 bits per heavy atom. The van der Waals surface area contributed by atoms with Gasteiger partial charge in [0.25, 0.3) is 0 Å². The summed E-state index contributed by atoms with van der Waals surface area (Å²) >= 11 is 7.16. The summed E-state index contributed by atoms with van der Waals surface area (Å²) in [6.07, 6.45) is 2.00. The number of carboxylic acids is 1. The van der Waals surface area contributed by atoms with E-state index in [1.807, 2.05) is 0 Å². The fourth-order valence-electron chi connectivity index (χ4n) is 7.00. The summed E-state index contributed by atoms with van der Waals surface area (Å²) in [6, 6.07) is 0. The average Bonchev–Trinajstić information content (AvgIpc) is 2.81. The lowest BCUT2D eigenvalue weighted by molar-refractivity contribution is -0.195. The molecule has 0 spiro atoms. The highest BCUT2D eigenvalue weighted by atomic mass is 35.5. The molecule has 0 amide bonds. The molecule has 9 unspecified atom stereocenters. The van der Waals surface area contributed by atoms with Gasteiger partial charge in [-0.25, -0.2) is 9.18 Å². The van der Waals surface area contributed by atoms with E-state index in [0.29, 0.717) is 6.42 Å². The van der Waals surface area contributed by atoms with Crippen LogP contribution in [0.1, 0.15) is 40.0 Å². The normalized spacial score (nSPS) is 55.2. The van der Waals surface area contributed by atoms with Crippen molar-refractivity contribution in [3.05, 3.63) is 23.8 Å². The van der Waals surface area contributed by atoms with Gasteiger partial charge in [-0.2, -0.15) is 0 Å². The van der Waals surface area contributed by atoms with Crippen molar-refractivity contribution in [2.75, 3.05) is 0 Å². The quantitative estimate of drug-likeness (QED) is 0.575. The molecule has 0 saturated heterocycles. The Morgan fingerprint density at radius 1 is 1.29 bits per heavy atom. The Hall–Kier alpha value is -1.24. The third-order valence-electron chi connectivity index (χ3n) is 8.54. The fraction of sp³-hybridized carbons (Fsp3) is 0.714. The van der Waals surface area contributed by atoms with E-state index in [-0.39, 0.29) is 30.1 Å². The van der Waals surface area contributed by atoms with Crippen LogP contribution in [0.2, 0.25) is 0 Å². The first-order valence-electron chi connectivity index (χ1n) is 9.76. The van der Waals surface area contributed by atoms with Crippen LogP contribution in [0.5, 0.6) is 0 Å². The van der Waals surface area contributed by atoms with Crippen LogP contribution in [0, 0.1) is 28.6 Å². The molecule has 7 heteroatoms. The zero-order valence-corrected chi connectivity index (χ0v) is 16.9. The van der Waals surface area contributed by atoms with Gasteiger partial charge in [0.2, 0.25) is 0 Å². The first kappa shape index (κ1) is 20.0. The number of ketones is 1. The van der Waals surface area contributed by atoms with Crippen LogP contribution in [-0.4, -0.2) is 49.8 Å². The van der Waals surface area contributed by atoms with Crippen LogP contribution < -0.4 is 0 Å². The van der Waals surface area contributed by atoms with Gasteiger partial charge in [-0.05, 0) is 54.7 Å². The van der Waals surface area contributed by atoms with Crippen molar-refractivity contribution < 1.29 is 29.3 Å². The van der Waals surface area contributed by atoms with Gasteiger partial charge in [0.15, 0.2) is 11.4 Å². The lowest BCUT2D eigenvalue weighted by atomic mass is 9.45. The maximum atomic E-state index is 15.3. The van der Waals surface area contributed by atoms with Gasteiger partial charge < -0.3 is 15.3 Å². The van der Waals surface area contributed by atoms with Crippen molar-refractivity contribution in [3.8, 4) is 0 Å². The summed E-state index contributed by atoms with van der Waals surface area (Å²) < 4.78 is 15.3. The minimum atomic E-state index is -2.02. The van der Waals surface area contributed by atoms with Crippen LogP contribution in [0.15, 0.2) is 23.8 Å². The molecular formula is C21H26ClFO5. The maximum Gasteiger partial charge on any atom is 0.336 e. The molecule has 5 nitrogen and oxygen atoms in total. The predicted molar refractivity (Wildman–Crippen MR) is 101 cm³/mol. The van der Waals surface area contributed by atoms with E-state index in [9.17, 15) is 24.9 Å². The number of hydrogen-bond acceptors (Lipinski definition) is 4. The lowest BCUT2D eigenvalue weighted by Crippen LogP contribution is -2.70. The standard InChI is InChI=1S/C21H26ClFO5/c1-10-6-12-13-8-15(23)14-7-11(24)4-5-18(14,2)20(13,22)16(25)9-19(12,3)21(10,28)17(26)27/h4-5,7,10,12-13,15-16,25,28H,6,8-9H2,1-3H3,(H,26,27). The summed E-state index contributed by atoms with van der Waals surface area (Å²) in [5, 5.41) is 32.2. The van der Waals surface area contributed by atoms with E-state index in [2.05, 4.69) is 0 Å². The number of aliphatic carboxylic acids is 1. The van der Waals surface area contributed by atoms with Gasteiger partial charge in [0, 0.05) is 10.8 Å². The summed E-state index contributed by atoms with van der Waals surface area (Å²) in [5.41, 5.74) is -3.95. The third-order valence-corrected chi connectivity index (χ3v) is 9.46. The molecule has 9 atom stereocenters. The molecule has 154 valence electrons. The average molecular weight is 413 g/mol. The second-order valence-electron chi connectivity index (χ2n) is 9.57. The molecule has 4 aliphatic carbocycles. The number of carboxylic acid groups (broad SMARTS) is 1. The Bertz CT molecular complexity index is 826. The monoisotopic (exact) mass is 412 g/mol. The number of rotatable bonds is 1. The third kappa shape index (κ3) is 1.99. The van der Waals surface area contributed by atoms with Gasteiger partial charge in [-0.3, -0.25) is 4.79 Å². The Balaban J connectivity index is 1.88. The van der Waals surface area contributed by atoms with Crippen LogP contribution in [0.3, 0.4) is 0 Å². The van der Waals surface area contributed by atoms with Crippen LogP contribution in [0.25, 0.3) is 0 Å². The van der Waals surface area contributed by atoms with Gasteiger partial charge in [0.1, 0.15) is 6.17 Å². The van der Waals surface area contributed by atoms with Crippen LogP contribution in [-0.2, 0) is 9.59 Å². The molecule has 3 saturated carbocycles. The van der Waals surface area contributed by atoms with Crippen molar-refractivity contribution >= 4 is 23.4 Å². The minimum absolute atomic E-state index is 0.00752. The summed E-state index contributed by atoms with van der Waals surface area (Å²) in [5.74, 6) is -3.10. The van der Waals surface area contributed by atoms with Crippen molar-refractivity contribution in [1.29, 1.82) is 0 Å². The largest absolute Gasteiger partial charge is 0.479 e. The molecule has 0 aromatic carbocycles. The highest BCUT2D eigenvalue weighted by Gasteiger charge is 2.75. The van der Waals surface area contributed by atoms with E-state index < -0.39 is 51.4 Å². The van der Waals surface area contributed by atoms with Crippen molar-refractivity contribution in [2.24, 2.45) is 28.6 Å². The Morgan fingerprint density at radius 3 is 2.54 bits per heavy atom. The van der Waals surface area contributed by atoms with Gasteiger partial charge in [-0.1, -0.05) is 26.8 Å². The van der Waals surface area contributed by atoms with E-state index in [4.69, 9.17) is 11.6 Å². The molecule has 3 N–H and O–H groups in total. The van der Waals surface area contributed by atoms with Gasteiger partial charge in [0.05, 0.1) is 11.0 Å². The SMILES string of the molecule is CC1CC2C3CC(F)C4=CC(=O)C=CC4(C)C3(Cl)C(O)CC2(C)C1(O)C(=O)O. The van der Waals surface area contributed by atoms with Crippen LogP contribution in [0.4, 0.5) is 4.39 Å². The number of hydrogen-bond donors (Lipinski definition) is 3. The lowest BCUT2D eigenvalue weighted by Gasteiger charge is -2.64. The molecule has 0 bridgehead atoms. The number of halogens is 2. The highest BCUT2D eigenvalue weighted by molar-refractivity contribution is 6.26. The molecule has 0 heterocycles. The second-order valence-corrected chi connectivity index (χ2v) is 10.2. The second kappa shape index (κ2) is 5.67. The summed E-state index contributed by atoms with van der Waals surface area (Å²) in [7, 11) is 0. The number of aliphatic hydroxyl groups is 2.